The van der Waals surface area contributed by atoms with Gasteiger partial charge in [0, 0.05) is 19.0 Å². The van der Waals surface area contributed by atoms with Crippen LogP contribution in [0.1, 0.15) is 39.0 Å². The molecule has 4 nitrogen and oxygen atoms in total. The van der Waals surface area contributed by atoms with E-state index >= 15 is 0 Å². The van der Waals surface area contributed by atoms with Crippen LogP contribution in [0.15, 0.2) is 29.1 Å². The first-order valence-corrected chi connectivity index (χ1v) is 8.84. The number of aryl methyl sites for hydroxylation is 1. The molecule has 0 bridgehead atoms. The van der Waals surface area contributed by atoms with E-state index in [2.05, 4.69) is 12.2 Å². The largest absolute Gasteiger partial charge is 0.353 e. The molecule has 1 aromatic carbocycles. The van der Waals surface area contributed by atoms with E-state index in [4.69, 9.17) is 0 Å². The molecule has 1 aliphatic rings. The van der Waals surface area contributed by atoms with E-state index in [1.165, 1.54) is 30.6 Å². The number of carbonyl (C=O) groups is 1. The van der Waals surface area contributed by atoms with Gasteiger partial charge in [0.05, 0.1) is 10.2 Å². The number of nitrogens with one attached hydrogen (secondary N) is 1. The monoisotopic (exact) mass is 318 g/mol. The molecule has 1 aliphatic carbocycles. The number of thiazole rings is 1. The summed E-state index contributed by atoms with van der Waals surface area (Å²) in [7, 11) is 0. The number of rotatable bonds is 4. The quantitative estimate of drug-likeness (QED) is 0.941. The Bertz CT molecular complexity index is 719. The fraction of sp³-hybridized carbons (Fsp3) is 0.529. The molecule has 22 heavy (non-hydrogen) atoms. The molecule has 5 heteroatoms. The van der Waals surface area contributed by atoms with Gasteiger partial charge >= 0.3 is 4.87 Å². The van der Waals surface area contributed by atoms with Crippen LogP contribution in [0, 0.1) is 5.92 Å². The van der Waals surface area contributed by atoms with Gasteiger partial charge in [-0.25, -0.2) is 0 Å². The number of fused-ring (bicyclic) bond motifs is 1. The SMILES string of the molecule is C[C@@H]1CCCC[C@H]1NC(=O)CCn1c(=O)sc2ccccc21. The molecule has 0 spiro atoms. The number of nitrogens with zero attached hydrogens (tertiary/aromatic N) is 1. The zero-order valence-electron chi connectivity index (χ0n) is 12.9. The van der Waals surface area contributed by atoms with E-state index in [-0.39, 0.29) is 10.8 Å². The lowest BCUT2D eigenvalue weighted by molar-refractivity contribution is -0.122. The van der Waals surface area contributed by atoms with Crippen LogP contribution in [0.5, 0.6) is 0 Å². The van der Waals surface area contributed by atoms with Gasteiger partial charge in [0.15, 0.2) is 0 Å². The average molecular weight is 318 g/mol. The Morgan fingerprint density at radius 2 is 2.09 bits per heavy atom. The van der Waals surface area contributed by atoms with E-state index < -0.39 is 0 Å². The summed E-state index contributed by atoms with van der Waals surface area (Å²) < 4.78 is 2.69. The van der Waals surface area contributed by atoms with Crippen molar-refractivity contribution in [3.05, 3.63) is 33.9 Å². The smallest absolute Gasteiger partial charge is 0.308 e. The van der Waals surface area contributed by atoms with Gasteiger partial charge in [-0.05, 0) is 30.9 Å². The first-order valence-electron chi connectivity index (χ1n) is 8.03. The van der Waals surface area contributed by atoms with Gasteiger partial charge in [-0.2, -0.15) is 0 Å². The van der Waals surface area contributed by atoms with Crippen molar-refractivity contribution in [2.45, 2.75) is 51.6 Å². The third kappa shape index (κ3) is 3.24. The molecule has 0 saturated heterocycles. The fourth-order valence-electron chi connectivity index (χ4n) is 3.25. The summed E-state index contributed by atoms with van der Waals surface area (Å²) in [6.07, 6.45) is 5.10. The normalized spacial score (nSPS) is 21.9. The van der Waals surface area contributed by atoms with Crippen molar-refractivity contribution in [2.24, 2.45) is 5.92 Å². The molecule has 1 N–H and O–H groups in total. The van der Waals surface area contributed by atoms with E-state index in [0.29, 0.717) is 24.9 Å². The van der Waals surface area contributed by atoms with Gasteiger partial charge in [0.25, 0.3) is 0 Å². The third-order valence-corrected chi connectivity index (χ3v) is 5.55. The van der Waals surface area contributed by atoms with Crippen LogP contribution in [-0.2, 0) is 11.3 Å². The molecule has 1 aromatic heterocycles. The molecule has 3 rings (SSSR count). The lowest BCUT2D eigenvalue weighted by Gasteiger charge is -2.29. The second-order valence-corrected chi connectivity index (χ2v) is 7.17. The van der Waals surface area contributed by atoms with Crippen LogP contribution in [0.2, 0.25) is 0 Å². The molecule has 2 atom stereocenters. The van der Waals surface area contributed by atoms with E-state index in [1.54, 1.807) is 4.57 Å². The molecule has 118 valence electrons. The van der Waals surface area contributed by atoms with Crippen molar-refractivity contribution in [2.75, 3.05) is 0 Å². The Kier molecular flexibility index (Phi) is 4.62. The molecule has 2 aromatic rings. The predicted molar refractivity (Wildman–Crippen MR) is 90.3 cm³/mol. The van der Waals surface area contributed by atoms with Crippen LogP contribution in [0.3, 0.4) is 0 Å². The fourth-order valence-corrected chi connectivity index (χ4v) is 4.17. The Balaban J connectivity index is 1.63. The Morgan fingerprint density at radius 3 is 2.91 bits per heavy atom. The highest BCUT2D eigenvalue weighted by Gasteiger charge is 2.22. The molecular weight excluding hydrogens is 296 g/mol. The summed E-state index contributed by atoms with van der Waals surface area (Å²) in [5.41, 5.74) is 0.927. The maximum Gasteiger partial charge on any atom is 0.308 e. The maximum absolute atomic E-state index is 12.2. The van der Waals surface area contributed by atoms with Gasteiger partial charge in [0.2, 0.25) is 5.91 Å². The van der Waals surface area contributed by atoms with Gasteiger partial charge in [-0.3, -0.25) is 14.2 Å². The number of benzene rings is 1. The minimum atomic E-state index is 0.0139. The summed E-state index contributed by atoms with van der Waals surface area (Å²) in [6.45, 7) is 2.66. The first kappa shape index (κ1) is 15.3. The Hall–Kier alpha value is -1.62. The van der Waals surface area contributed by atoms with Crippen LogP contribution >= 0.6 is 11.3 Å². The summed E-state index contributed by atoms with van der Waals surface area (Å²) in [5, 5.41) is 3.15. The van der Waals surface area contributed by atoms with Crippen LogP contribution in [0.25, 0.3) is 10.2 Å². The minimum Gasteiger partial charge on any atom is -0.353 e. The van der Waals surface area contributed by atoms with Crippen molar-refractivity contribution >= 4 is 27.5 Å². The van der Waals surface area contributed by atoms with Crippen molar-refractivity contribution in [3.63, 3.8) is 0 Å². The highest BCUT2D eigenvalue weighted by Crippen LogP contribution is 2.23. The lowest BCUT2D eigenvalue weighted by atomic mass is 9.86. The van der Waals surface area contributed by atoms with Crippen LogP contribution in [-0.4, -0.2) is 16.5 Å². The summed E-state index contributed by atoms with van der Waals surface area (Å²) in [4.78, 5) is 24.2. The minimum absolute atomic E-state index is 0.0139. The van der Waals surface area contributed by atoms with E-state index in [1.807, 2.05) is 24.3 Å². The summed E-state index contributed by atoms with van der Waals surface area (Å²) in [5.74, 6) is 0.614. The topological polar surface area (TPSA) is 51.1 Å². The maximum atomic E-state index is 12.2. The molecule has 1 fully saturated rings. The van der Waals surface area contributed by atoms with Crippen molar-refractivity contribution < 1.29 is 4.79 Å². The Labute approximate surface area is 134 Å². The molecule has 0 unspecified atom stereocenters. The van der Waals surface area contributed by atoms with Crippen molar-refractivity contribution in [3.8, 4) is 0 Å². The predicted octanol–water partition coefficient (Wildman–Crippen LogP) is 3.15. The first-order chi connectivity index (χ1) is 10.6. The lowest BCUT2D eigenvalue weighted by Crippen LogP contribution is -2.41. The summed E-state index contributed by atoms with van der Waals surface area (Å²) >= 11 is 1.24. The molecule has 1 amide bonds. The highest BCUT2D eigenvalue weighted by atomic mass is 32.1. The second kappa shape index (κ2) is 6.65. The number of carbonyl (C=O) groups excluding carboxylic acids is 1. The van der Waals surface area contributed by atoms with E-state index in [9.17, 15) is 9.59 Å². The summed E-state index contributed by atoms with van der Waals surface area (Å²) in [6, 6.07) is 8.04. The molecule has 1 saturated carbocycles. The average Bonchev–Trinajstić information content (AvgIpc) is 2.83. The number of aromatic nitrogens is 1. The van der Waals surface area contributed by atoms with E-state index in [0.717, 1.165) is 16.6 Å². The number of para-hydroxylation sites is 1. The van der Waals surface area contributed by atoms with Gasteiger partial charge in [-0.15, -0.1) is 0 Å². The molecule has 1 heterocycles. The van der Waals surface area contributed by atoms with Crippen LogP contribution < -0.4 is 10.2 Å². The highest BCUT2D eigenvalue weighted by molar-refractivity contribution is 7.16. The second-order valence-electron chi connectivity index (χ2n) is 6.17. The molecule has 0 aliphatic heterocycles. The molecule has 0 radical (unpaired) electrons. The van der Waals surface area contributed by atoms with Crippen molar-refractivity contribution in [1.82, 2.24) is 9.88 Å². The Morgan fingerprint density at radius 1 is 1.32 bits per heavy atom. The zero-order chi connectivity index (χ0) is 15.5. The standard InChI is InChI=1S/C17H22N2O2S/c1-12-6-2-3-7-13(12)18-16(20)10-11-19-14-8-4-5-9-15(14)22-17(19)21/h4-5,8-9,12-13H,2-3,6-7,10-11H2,1H3,(H,18,20)/t12-,13-/m1/s1. The zero-order valence-corrected chi connectivity index (χ0v) is 13.7. The molecular formula is C17H22N2O2S. The number of hydrogen-bond donors (Lipinski definition) is 1. The van der Waals surface area contributed by atoms with Crippen LogP contribution in [0.4, 0.5) is 0 Å². The van der Waals surface area contributed by atoms with Gasteiger partial charge < -0.3 is 5.32 Å². The van der Waals surface area contributed by atoms with Gasteiger partial charge in [0.1, 0.15) is 0 Å². The third-order valence-electron chi connectivity index (χ3n) is 4.59. The number of amides is 1. The van der Waals surface area contributed by atoms with Gasteiger partial charge in [-0.1, -0.05) is 43.2 Å². The van der Waals surface area contributed by atoms with Crippen molar-refractivity contribution in [1.29, 1.82) is 0 Å². The number of hydrogen-bond acceptors (Lipinski definition) is 3.